The lowest BCUT2D eigenvalue weighted by molar-refractivity contribution is -0.471. The first-order chi connectivity index (χ1) is 9.79. The summed E-state index contributed by atoms with van der Waals surface area (Å²) in [4.78, 5) is 15.9. The van der Waals surface area contributed by atoms with E-state index < -0.39 is 0 Å². The quantitative estimate of drug-likeness (QED) is 0.517. The first kappa shape index (κ1) is 17.3. The average molecular weight is 312 g/mol. The fourth-order valence-corrected chi connectivity index (χ4v) is 2.45. The second-order valence-corrected chi connectivity index (χ2v) is 5.61. The van der Waals surface area contributed by atoms with Crippen LogP contribution in [0.4, 0.5) is 10.5 Å². The molecule has 0 spiro atoms. The highest BCUT2D eigenvalue weighted by atomic mass is 35.5. The number of benzene rings is 1. The Morgan fingerprint density at radius 1 is 1.29 bits per heavy atom. The molecule has 1 aromatic carbocycles. The van der Waals surface area contributed by atoms with E-state index in [-0.39, 0.29) is 6.03 Å². The maximum atomic E-state index is 12.5. The van der Waals surface area contributed by atoms with Gasteiger partial charge in [0.15, 0.2) is 0 Å². The molecule has 116 valence electrons. The molecule has 0 atom stereocenters. The molecule has 0 aliphatic heterocycles. The Hall–Kier alpha value is -1.75. The Kier molecular flexibility index (Phi) is 6.03. The van der Waals surface area contributed by atoms with Gasteiger partial charge in [0.2, 0.25) is 0 Å². The fraction of sp³-hybridized carbons (Fsp3) is 0.467. The Labute approximate surface area is 131 Å². The molecule has 1 aromatic rings. The van der Waals surface area contributed by atoms with Crippen LogP contribution in [0.25, 0.3) is 0 Å². The van der Waals surface area contributed by atoms with Gasteiger partial charge in [-0.05, 0) is 18.1 Å². The molecule has 0 radical (unpaired) electrons. The highest BCUT2D eigenvalue weighted by Gasteiger charge is 2.23. The van der Waals surface area contributed by atoms with Crippen LogP contribution in [0, 0.1) is 0 Å². The number of para-hydroxylation sites is 1. The van der Waals surface area contributed by atoms with Crippen molar-refractivity contribution in [3.8, 4) is 0 Å². The summed E-state index contributed by atoms with van der Waals surface area (Å²) in [5, 5.41) is 3.46. The molecule has 0 aliphatic rings. The molecule has 2 amide bonds. The highest BCUT2D eigenvalue weighted by Crippen LogP contribution is 2.29. The second kappa shape index (κ2) is 7.31. The second-order valence-electron chi connectivity index (χ2n) is 5.20. The molecule has 5 nitrogen and oxygen atoms in total. The lowest BCUT2D eigenvalue weighted by Crippen LogP contribution is -2.49. The van der Waals surface area contributed by atoms with Crippen molar-refractivity contribution in [3.63, 3.8) is 0 Å². The zero-order chi connectivity index (χ0) is 16.2. The van der Waals surface area contributed by atoms with Crippen LogP contribution < -0.4 is 10.2 Å². The van der Waals surface area contributed by atoms with E-state index in [1.165, 1.54) is 0 Å². The molecular weight excluding hydrogens is 288 g/mol. The molecule has 0 aliphatic carbocycles. The van der Waals surface area contributed by atoms with E-state index in [1.807, 2.05) is 56.7 Å². The van der Waals surface area contributed by atoms with Gasteiger partial charge in [-0.2, -0.15) is 5.32 Å². The Bertz CT molecular complexity index is 551. The van der Waals surface area contributed by atoms with Gasteiger partial charge in [-0.15, -0.1) is 0 Å². The number of aryl methyl sites for hydroxylation is 1. The molecule has 0 heterocycles. The molecule has 0 saturated heterocycles. The maximum absolute atomic E-state index is 12.5. The Morgan fingerprint density at radius 3 is 2.38 bits per heavy atom. The summed E-state index contributed by atoms with van der Waals surface area (Å²) in [5.74, 6) is 0.706. The molecule has 0 saturated carbocycles. The van der Waals surface area contributed by atoms with Crippen molar-refractivity contribution < 1.29 is 9.37 Å². The van der Waals surface area contributed by atoms with Crippen molar-refractivity contribution >= 4 is 29.3 Å². The number of nitrogens with one attached hydrogen (secondary N) is 1. The van der Waals surface area contributed by atoms with Gasteiger partial charge in [-0.25, -0.2) is 4.79 Å². The van der Waals surface area contributed by atoms with Crippen molar-refractivity contribution in [2.45, 2.75) is 13.3 Å². The number of urea groups is 1. The minimum Gasteiger partial charge on any atom is -0.282 e. The first-order valence-electron chi connectivity index (χ1n) is 6.83. The lowest BCUT2D eigenvalue weighted by atomic mass is 10.1. The van der Waals surface area contributed by atoms with Gasteiger partial charge in [0.1, 0.15) is 0 Å². The van der Waals surface area contributed by atoms with Gasteiger partial charge in [-0.3, -0.25) is 14.4 Å². The van der Waals surface area contributed by atoms with Crippen molar-refractivity contribution in [3.05, 3.63) is 28.8 Å². The number of anilines is 1. The van der Waals surface area contributed by atoms with Gasteiger partial charge >= 0.3 is 12.0 Å². The smallest absolute Gasteiger partial charge is 0.282 e. The number of guanidine groups is 1. The summed E-state index contributed by atoms with van der Waals surface area (Å²) < 4.78 is 1.85. The number of nitrogens with zero attached hydrogens (tertiary/aromatic N) is 3. The molecule has 1 N–H and O–H groups in total. The minimum atomic E-state index is -0.227. The fourth-order valence-electron chi connectivity index (χ4n) is 2.13. The maximum Gasteiger partial charge on any atom is 0.386 e. The summed E-state index contributed by atoms with van der Waals surface area (Å²) >= 11 is 6.26. The summed E-state index contributed by atoms with van der Waals surface area (Å²) in [5.41, 5.74) is 1.78. The van der Waals surface area contributed by atoms with Gasteiger partial charge in [0.05, 0.1) is 38.9 Å². The van der Waals surface area contributed by atoms with Gasteiger partial charge in [0, 0.05) is 7.05 Å². The monoisotopic (exact) mass is 311 g/mol. The molecule has 6 heteroatoms. The number of hydrogen-bond acceptors (Lipinski definition) is 1. The number of hydrogen-bond donors (Lipinski definition) is 1. The summed E-state index contributed by atoms with van der Waals surface area (Å²) in [6.45, 7) is 2.04. The van der Waals surface area contributed by atoms with Crippen molar-refractivity contribution in [2.75, 3.05) is 40.1 Å². The first-order valence-corrected chi connectivity index (χ1v) is 7.21. The predicted octanol–water partition coefficient (Wildman–Crippen LogP) is 2.24. The molecule has 1 rings (SSSR count). The zero-order valence-corrected chi connectivity index (χ0v) is 14.3. The average Bonchev–Trinajstić information content (AvgIpc) is 2.42. The van der Waals surface area contributed by atoms with Crippen molar-refractivity contribution in [2.24, 2.45) is 0 Å². The number of amides is 2. The van der Waals surface area contributed by atoms with Crippen LogP contribution in [0.1, 0.15) is 12.5 Å². The third kappa shape index (κ3) is 4.11. The van der Waals surface area contributed by atoms with Crippen LogP contribution in [0.2, 0.25) is 5.02 Å². The van der Waals surface area contributed by atoms with E-state index in [1.54, 1.807) is 18.0 Å². The number of carbonyl (C=O) groups is 1. The van der Waals surface area contributed by atoms with E-state index in [2.05, 4.69) is 5.32 Å². The predicted molar refractivity (Wildman–Crippen MR) is 88.6 cm³/mol. The molecular formula is C15H24ClN4O+. The topological polar surface area (TPSA) is 38.6 Å². The standard InChI is InChI=1S/C15H23ClN4O/c1-7-11-9-8-10-12(16)13(11)20(6)15(21)17-14(18(2)3)19(4)5/h8-10H,7H2,1-6H3/p+1. The third-order valence-corrected chi connectivity index (χ3v) is 3.46. The van der Waals surface area contributed by atoms with E-state index in [0.717, 1.165) is 17.7 Å². The van der Waals surface area contributed by atoms with Gasteiger partial charge in [-0.1, -0.05) is 30.7 Å². The zero-order valence-electron chi connectivity index (χ0n) is 13.6. The van der Waals surface area contributed by atoms with Gasteiger partial charge in [0.25, 0.3) is 0 Å². The van der Waals surface area contributed by atoms with Crippen LogP contribution in [-0.2, 0) is 6.42 Å². The summed E-state index contributed by atoms with van der Waals surface area (Å²) in [6, 6.07) is 5.44. The minimum absolute atomic E-state index is 0.227. The third-order valence-electron chi connectivity index (χ3n) is 3.16. The molecule has 0 aromatic heterocycles. The van der Waals surface area contributed by atoms with Crippen LogP contribution in [-0.4, -0.2) is 56.7 Å². The normalized spacial score (nSPS) is 10.0. The van der Waals surface area contributed by atoms with Crippen molar-refractivity contribution in [1.82, 2.24) is 10.2 Å². The van der Waals surface area contributed by atoms with E-state index in [9.17, 15) is 4.79 Å². The summed E-state index contributed by atoms with van der Waals surface area (Å²) in [6.07, 6.45) is 0.811. The molecule has 0 fully saturated rings. The van der Waals surface area contributed by atoms with Gasteiger partial charge < -0.3 is 0 Å². The highest BCUT2D eigenvalue weighted by molar-refractivity contribution is 6.34. The van der Waals surface area contributed by atoms with E-state index in [4.69, 9.17) is 11.6 Å². The van der Waals surface area contributed by atoms with E-state index >= 15 is 0 Å². The SMILES string of the molecule is CCc1cccc(Cl)c1N(C)C(=O)NC(N(C)C)=[N+](C)C. The van der Waals surface area contributed by atoms with Crippen molar-refractivity contribution in [1.29, 1.82) is 0 Å². The summed E-state index contributed by atoms with van der Waals surface area (Å²) in [7, 11) is 9.23. The van der Waals surface area contributed by atoms with E-state index in [0.29, 0.717) is 11.0 Å². The van der Waals surface area contributed by atoms with Crippen LogP contribution in [0.3, 0.4) is 0 Å². The number of halogens is 1. The Balaban J connectivity index is 3.07. The largest absolute Gasteiger partial charge is 0.386 e. The van der Waals surface area contributed by atoms with Crippen LogP contribution in [0.5, 0.6) is 0 Å². The Morgan fingerprint density at radius 2 is 1.90 bits per heavy atom. The molecule has 21 heavy (non-hydrogen) atoms. The van der Waals surface area contributed by atoms with Crippen LogP contribution in [0.15, 0.2) is 18.2 Å². The molecule has 0 bridgehead atoms. The number of carbonyl (C=O) groups excluding carboxylic acids is 1. The lowest BCUT2D eigenvalue weighted by Gasteiger charge is -2.21. The number of rotatable bonds is 2. The molecule has 0 unspecified atom stereocenters. The van der Waals surface area contributed by atoms with Crippen LogP contribution >= 0.6 is 11.6 Å².